The lowest BCUT2D eigenvalue weighted by Crippen LogP contribution is -2.29. The molecule has 0 aromatic heterocycles. The third-order valence-electron chi connectivity index (χ3n) is 2.87. The fourth-order valence-electron chi connectivity index (χ4n) is 1.73. The van der Waals surface area contributed by atoms with Gasteiger partial charge in [-0.25, -0.2) is 22.0 Å². The van der Waals surface area contributed by atoms with E-state index in [-0.39, 0.29) is 5.69 Å². The number of rotatable bonds is 2. The molecular formula is C14H8F5NO. The first-order chi connectivity index (χ1) is 9.86. The van der Waals surface area contributed by atoms with Crippen molar-refractivity contribution in [3.63, 3.8) is 0 Å². The molecule has 0 bridgehead atoms. The molecule has 0 saturated heterocycles. The van der Waals surface area contributed by atoms with Crippen LogP contribution in [0.4, 0.5) is 27.6 Å². The van der Waals surface area contributed by atoms with Crippen LogP contribution in [0.5, 0.6) is 0 Å². The fourth-order valence-corrected chi connectivity index (χ4v) is 1.73. The van der Waals surface area contributed by atoms with Gasteiger partial charge in [0.2, 0.25) is 5.82 Å². The van der Waals surface area contributed by atoms with Crippen molar-refractivity contribution in [2.75, 3.05) is 11.9 Å². The number of benzene rings is 2. The molecule has 0 saturated carbocycles. The van der Waals surface area contributed by atoms with Crippen molar-refractivity contribution >= 4 is 11.6 Å². The van der Waals surface area contributed by atoms with E-state index in [0.717, 1.165) is 11.9 Å². The average molecular weight is 301 g/mol. The second-order valence-corrected chi connectivity index (χ2v) is 4.14. The number of carbonyl (C=O) groups is 1. The van der Waals surface area contributed by atoms with Crippen LogP contribution in [0.25, 0.3) is 0 Å². The minimum atomic E-state index is -2.30. The summed E-state index contributed by atoms with van der Waals surface area (Å²) in [6.07, 6.45) is 0. The largest absolute Gasteiger partial charge is 0.311 e. The third kappa shape index (κ3) is 2.46. The number of amides is 1. The van der Waals surface area contributed by atoms with Crippen LogP contribution in [0.1, 0.15) is 10.4 Å². The number of nitrogens with zero attached hydrogens (tertiary/aromatic N) is 1. The minimum absolute atomic E-state index is 0.242. The van der Waals surface area contributed by atoms with Crippen LogP contribution < -0.4 is 4.90 Å². The molecule has 2 aromatic carbocycles. The molecule has 2 nitrogen and oxygen atoms in total. The highest BCUT2D eigenvalue weighted by atomic mass is 19.2. The highest BCUT2D eigenvalue weighted by Crippen LogP contribution is 2.25. The second-order valence-electron chi connectivity index (χ2n) is 4.14. The van der Waals surface area contributed by atoms with Gasteiger partial charge in [-0.15, -0.1) is 0 Å². The quantitative estimate of drug-likeness (QED) is 0.471. The summed E-state index contributed by atoms with van der Waals surface area (Å²) in [6.45, 7) is 0. The predicted molar refractivity (Wildman–Crippen MR) is 65.4 cm³/mol. The summed E-state index contributed by atoms with van der Waals surface area (Å²) in [5.41, 5.74) is -1.25. The van der Waals surface area contributed by atoms with E-state index in [9.17, 15) is 26.7 Å². The van der Waals surface area contributed by atoms with Gasteiger partial charge in [0.15, 0.2) is 23.3 Å². The van der Waals surface area contributed by atoms with Crippen molar-refractivity contribution in [3.8, 4) is 0 Å². The zero-order valence-corrected chi connectivity index (χ0v) is 10.6. The molecule has 110 valence electrons. The molecular weight excluding hydrogens is 293 g/mol. The number of halogens is 5. The Bertz CT molecular complexity index is 673. The topological polar surface area (TPSA) is 20.3 Å². The summed E-state index contributed by atoms with van der Waals surface area (Å²) in [7, 11) is 1.16. The van der Waals surface area contributed by atoms with Gasteiger partial charge in [0.1, 0.15) is 5.56 Å². The summed E-state index contributed by atoms with van der Waals surface area (Å²) >= 11 is 0. The number of hydrogen-bond acceptors (Lipinski definition) is 1. The smallest absolute Gasteiger partial charge is 0.264 e. The van der Waals surface area contributed by atoms with Gasteiger partial charge in [-0.2, -0.15) is 0 Å². The van der Waals surface area contributed by atoms with Crippen LogP contribution in [0.2, 0.25) is 0 Å². The van der Waals surface area contributed by atoms with Crippen LogP contribution >= 0.6 is 0 Å². The zero-order valence-electron chi connectivity index (χ0n) is 10.6. The van der Waals surface area contributed by atoms with Gasteiger partial charge in [-0.1, -0.05) is 18.2 Å². The van der Waals surface area contributed by atoms with E-state index < -0.39 is 40.6 Å². The van der Waals surface area contributed by atoms with Crippen molar-refractivity contribution in [1.29, 1.82) is 0 Å². The Hall–Kier alpha value is -2.44. The highest BCUT2D eigenvalue weighted by Gasteiger charge is 2.31. The summed E-state index contributed by atoms with van der Waals surface area (Å²) in [6, 6.07) is 7.64. The van der Waals surface area contributed by atoms with E-state index in [0.29, 0.717) is 0 Å². The van der Waals surface area contributed by atoms with Gasteiger partial charge in [-0.3, -0.25) is 4.79 Å². The Morgan fingerprint density at radius 2 is 1.24 bits per heavy atom. The van der Waals surface area contributed by atoms with Crippen LogP contribution in [-0.2, 0) is 0 Å². The second kappa shape index (κ2) is 5.51. The van der Waals surface area contributed by atoms with E-state index in [4.69, 9.17) is 0 Å². The van der Waals surface area contributed by atoms with E-state index >= 15 is 0 Å². The molecule has 0 radical (unpaired) electrons. The molecule has 2 rings (SSSR count). The summed E-state index contributed by atoms with van der Waals surface area (Å²) in [5.74, 6) is -12.3. The monoisotopic (exact) mass is 301 g/mol. The van der Waals surface area contributed by atoms with Crippen molar-refractivity contribution in [2.24, 2.45) is 0 Å². The van der Waals surface area contributed by atoms with Gasteiger partial charge < -0.3 is 4.90 Å². The van der Waals surface area contributed by atoms with Crippen LogP contribution in [0, 0.1) is 29.1 Å². The van der Waals surface area contributed by atoms with Gasteiger partial charge in [0.05, 0.1) is 0 Å². The molecule has 0 fully saturated rings. The first-order valence-electron chi connectivity index (χ1n) is 5.70. The molecule has 0 atom stereocenters. The SMILES string of the molecule is CN(C(=O)c1c(F)c(F)c(F)c(F)c1F)c1ccccc1. The van der Waals surface area contributed by atoms with Crippen molar-refractivity contribution in [2.45, 2.75) is 0 Å². The summed E-state index contributed by atoms with van der Waals surface area (Å²) < 4.78 is 66.2. The molecule has 7 heteroatoms. The maximum Gasteiger partial charge on any atom is 0.264 e. The molecule has 1 amide bonds. The lowest BCUT2D eigenvalue weighted by Gasteiger charge is -2.18. The van der Waals surface area contributed by atoms with Gasteiger partial charge >= 0.3 is 0 Å². The van der Waals surface area contributed by atoms with Crippen LogP contribution in [0.15, 0.2) is 30.3 Å². The van der Waals surface area contributed by atoms with E-state index in [1.165, 1.54) is 12.1 Å². The highest BCUT2D eigenvalue weighted by molar-refractivity contribution is 6.06. The maximum absolute atomic E-state index is 13.6. The molecule has 0 unspecified atom stereocenters. The Morgan fingerprint density at radius 1 is 0.810 bits per heavy atom. The van der Waals surface area contributed by atoms with Crippen LogP contribution in [0.3, 0.4) is 0 Å². The molecule has 0 heterocycles. The average Bonchev–Trinajstić information content (AvgIpc) is 2.51. The van der Waals surface area contributed by atoms with E-state index in [1.807, 2.05) is 0 Å². The third-order valence-corrected chi connectivity index (χ3v) is 2.87. The normalized spacial score (nSPS) is 10.6. The Morgan fingerprint density at radius 3 is 1.71 bits per heavy atom. The molecule has 21 heavy (non-hydrogen) atoms. The first kappa shape index (κ1) is 15.0. The minimum Gasteiger partial charge on any atom is -0.311 e. The number of carbonyl (C=O) groups excluding carboxylic acids is 1. The van der Waals surface area contributed by atoms with Crippen LogP contribution in [-0.4, -0.2) is 13.0 Å². The lowest BCUT2D eigenvalue weighted by atomic mass is 10.1. The molecule has 0 aliphatic rings. The standard InChI is InChI=1S/C14H8F5NO/c1-20(7-5-3-2-4-6-7)14(21)8-9(15)11(17)13(19)12(18)10(8)16/h2-6H,1H3. The molecule has 0 aliphatic heterocycles. The van der Waals surface area contributed by atoms with Crippen molar-refractivity contribution < 1.29 is 26.7 Å². The first-order valence-corrected chi connectivity index (χ1v) is 5.70. The lowest BCUT2D eigenvalue weighted by molar-refractivity contribution is 0.0981. The molecule has 0 spiro atoms. The molecule has 0 N–H and O–H groups in total. The summed E-state index contributed by atoms with van der Waals surface area (Å²) in [4.78, 5) is 12.8. The van der Waals surface area contributed by atoms with E-state index in [1.54, 1.807) is 18.2 Å². The summed E-state index contributed by atoms with van der Waals surface area (Å²) in [5, 5.41) is 0. The van der Waals surface area contributed by atoms with Gasteiger partial charge in [0, 0.05) is 12.7 Å². The fraction of sp³-hybridized carbons (Fsp3) is 0.0714. The maximum atomic E-state index is 13.6. The van der Waals surface area contributed by atoms with Gasteiger partial charge in [-0.05, 0) is 12.1 Å². The molecule has 0 aliphatic carbocycles. The number of para-hydroxylation sites is 1. The Labute approximate surface area is 116 Å². The Balaban J connectivity index is 2.55. The van der Waals surface area contributed by atoms with Crippen molar-refractivity contribution in [1.82, 2.24) is 0 Å². The predicted octanol–water partition coefficient (Wildman–Crippen LogP) is 3.66. The number of anilines is 1. The Kier molecular flexibility index (Phi) is 3.93. The molecule has 2 aromatic rings. The number of hydrogen-bond donors (Lipinski definition) is 0. The van der Waals surface area contributed by atoms with Gasteiger partial charge in [0.25, 0.3) is 5.91 Å². The van der Waals surface area contributed by atoms with E-state index in [2.05, 4.69) is 0 Å². The van der Waals surface area contributed by atoms with Crippen molar-refractivity contribution in [3.05, 3.63) is 65.0 Å². The zero-order chi connectivity index (χ0) is 15.7.